The average molecular weight is 531 g/mol. The second-order valence-electron chi connectivity index (χ2n) is 6.77. The van der Waals surface area contributed by atoms with Gasteiger partial charge in [0.2, 0.25) is 0 Å². The van der Waals surface area contributed by atoms with Crippen LogP contribution in [0.2, 0.25) is 0 Å². The first-order valence-electron chi connectivity index (χ1n) is 9.39. The van der Waals surface area contributed by atoms with Crippen molar-refractivity contribution in [2.24, 2.45) is 10.4 Å². The molecular weight excluding hydrogens is 502 g/mol. The number of nitrogens with zero attached hydrogens (tertiary/aromatic N) is 1. The summed E-state index contributed by atoms with van der Waals surface area (Å²) in [5.41, 5.74) is -0.833. The number of guanidine groups is 1. The van der Waals surface area contributed by atoms with Gasteiger partial charge in [0.15, 0.2) is 5.96 Å². The van der Waals surface area contributed by atoms with E-state index < -0.39 is 11.7 Å². The maximum Gasteiger partial charge on any atom is 0.416 e. The summed E-state index contributed by atoms with van der Waals surface area (Å²) in [6, 6.07) is 4.61. The van der Waals surface area contributed by atoms with Crippen molar-refractivity contribution in [3.8, 4) is 5.75 Å². The minimum Gasteiger partial charge on any atom is -0.492 e. The SMILES string of the molecule is CCNC(=NCC1(CCO)CCOC1)NCCOc1ccc(C(F)(F)F)cc1.I. The average Bonchev–Trinajstić information content (AvgIpc) is 3.12. The van der Waals surface area contributed by atoms with Crippen molar-refractivity contribution in [1.29, 1.82) is 0 Å². The zero-order valence-electron chi connectivity index (χ0n) is 16.4. The molecule has 1 atom stereocenters. The summed E-state index contributed by atoms with van der Waals surface area (Å²) in [6.07, 6.45) is -2.84. The molecule has 10 heteroatoms. The quantitative estimate of drug-likeness (QED) is 0.198. The monoisotopic (exact) mass is 531 g/mol. The summed E-state index contributed by atoms with van der Waals surface area (Å²) in [4.78, 5) is 4.59. The highest BCUT2D eigenvalue weighted by molar-refractivity contribution is 14.0. The third-order valence-electron chi connectivity index (χ3n) is 4.59. The van der Waals surface area contributed by atoms with E-state index >= 15 is 0 Å². The zero-order valence-corrected chi connectivity index (χ0v) is 18.8. The Labute approximate surface area is 186 Å². The zero-order chi connectivity index (χ0) is 20.5. The lowest BCUT2D eigenvalue weighted by atomic mass is 9.84. The summed E-state index contributed by atoms with van der Waals surface area (Å²) in [7, 11) is 0. The number of rotatable bonds is 9. The van der Waals surface area contributed by atoms with Crippen LogP contribution < -0.4 is 15.4 Å². The van der Waals surface area contributed by atoms with Crippen LogP contribution in [0.5, 0.6) is 5.75 Å². The van der Waals surface area contributed by atoms with Gasteiger partial charge in [0.25, 0.3) is 0 Å². The van der Waals surface area contributed by atoms with Crippen LogP contribution in [0.25, 0.3) is 0 Å². The van der Waals surface area contributed by atoms with Crippen molar-refractivity contribution in [3.05, 3.63) is 29.8 Å². The molecule has 0 aliphatic carbocycles. The number of benzene rings is 1. The summed E-state index contributed by atoms with van der Waals surface area (Å²) in [5.74, 6) is 1.00. The molecular formula is C19H29F3IN3O3. The molecule has 3 N–H and O–H groups in total. The molecule has 0 radical (unpaired) electrons. The summed E-state index contributed by atoms with van der Waals surface area (Å²) < 4.78 is 48.6. The Hall–Kier alpha value is -1.27. The number of hydrogen-bond donors (Lipinski definition) is 3. The number of alkyl halides is 3. The standard InChI is InChI=1S/C19H28F3N3O3.HI/c1-2-23-17(25-13-18(7-10-26)8-11-27-14-18)24-9-12-28-16-5-3-15(4-6-16)19(20,21)22;/h3-6,26H,2,7-14H2,1H3,(H2,23,24,25);1H. The Morgan fingerprint density at radius 3 is 2.55 bits per heavy atom. The third kappa shape index (κ3) is 8.55. The van der Waals surface area contributed by atoms with E-state index in [-0.39, 0.29) is 42.6 Å². The highest BCUT2D eigenvalue weighted by Crippen LogP contribution is 2.32. The van der Waals surface area contributed by atoms with Crippen molar-refractivity contribution >= 4 is 29.9 Å². The van der Waals surface area contributed by atoms with Crippen LogP contribution in [0.1, 0.15) is 25.3 Å². The first-order chi connectivity index (χ1) is 13.4. The predicted octanol–water partition coefficient (Wildman–Crippen LogP) is 3.05. The molecule has 0 bridgehead atoms. The molecule has 1 heterocycles. The van der Waals surface area contributed by atoms with Gasteiger partial charge in [-0.25, -0.2) is 0 Å². The van der Waals surface area contributed by atoms with E-state index in [2.05, 4.69) is 15.6 Å². The van der Waals surface area contributed by atoms with Gasteiger partial charge in [-0.15, -0.1) is 24.0 Å². The van der Waals surface area contributed by atoms with Crippen molar-refractivity contribution in [2.45, 2.75) is 25.9 Å². The molecule has 166 valence electrons. The van der Waals surface area contributed by atoms with Gasteiger partial charge in [-0.05, 0) is 44.0 Å². The van der Waals surface area contributed by atoms with Crippen molar-refractivity contribution in [3.63, 3.8) is 0 Å². The van der Waals surface area contributed by atoms with E-state index in [0.29, 0.717) is 51.0 Å². The Morgan fingerprint density at radius 1 is 1.28 bits per heavy atom. The number of halogens is 4. The molecule has 1 aromatic carbocycles. The fourth-order valence-corrected chi connectivity index (χ4v) is 2.95. The van der Waals surface area contributed by atoms with Gasteiger partial charge in [0.1, 0.15) is 12.4 Å². The van der Waals surface area contributed by atoms with E-state index in [0.717, 1.165) is 18.6 Å². The minimum atomic E-state index is -4.35. The van der Waals surface area contributed by atoms with E-state index in [1.54, 1.807) is 0 Å². The molecule has 1 aliphatic heterocycles. The topological polar surface area (TPSA) is 75.1 Å². The van der Waals surface area contributed by atoms with E-state index in [4.69, 9.17) is 9.47 Å². The molecule has 0 aromatic heterocycles. The minimum absolute atomic E-state index is 0. The molecule has 6 nitrogen and oxygen atoms in total. The maximum absolute atomic E-state index is 12.6. The number of nitrogens with one attached hydrogen (secondary N) is 2. The Morgan fingerprint density at radius 2 is 2.00 bits per heavy atom. The fourth-order valence-electron chi connectivity index (χ4n) is 2.95. The Bertz CT molecular complexity index is 621. The third-order valence-corrected chi connectivity index (χ3v) is 4.59. The van der Waals surface area contributed by atoms with Crippen molar-refractivity contribution in [2.75, 3.05) is 46.1 Å². The molecule has 29 heavy (non-hydrogen) atoms. The van der Waals surface area contributed by atoms with Crippen LogP contribution in [0.3, 0.4) is 0 Å². The van der Waals surface area contributed by atoms with E-state index in [9.17, 15) is 18.3 Å². The Kier molecular flexibility index (Phi) is 11.0. The lowest BCUT2D eigenvalue weighted by molar-refractivity contribution is -0.137. The van der Waals surface area contributed by atoms with Gasteiger partial charge in [-0.2, -0.15) is 13.2 Å². The van der Waals surface area contributed by atoms with Crippen LogP contribution in [-0.4, -0.2) is 57.1 Å². The molecule has 1 aliphatic rings. The van der Waals surface area contributed by atoms with Gasteiger partial charge < -0.3 is 25.2 Å². The second-order valence-corrected chi connectivity index (χ2v) is 6.77. The summed E-state index contributed by atoms with van der Waals surface area (Å²) in [6.45, 7) is 5.28. The van der Waals surface area contributed by atoms with Crippen LogP contribution in [0.15, 0.2) is 29.3 Å². The van der Waals surface area contributed by atoms with Gasteiger partial charge in [0.05, 0.1) is 25.3 Å². The highest BCUT2D eigenvalue weighted by atomic mass is 127. The largest absolute Gasteiger partial charge is 0.492 e. The first-order valence-corrected chi connectivity index (χ1v) is 9.39. The molecule has 0 amide bonds. The van der Waals surface area contributed by atoms with Gasteiger partial charge in [-0.1, -0.05) is 0 Å². The molecule has 1 saturated heterocycles. The molecule has 1 fully saturated rings. The van der Waals surface area contributed by atoms with Crippen molar-refractivity contribution in [1.82, 2.24) is 10.6 Å². The number of ether oxygens (including phenoxy) is 2. The van der Waals surface area contributed by atoms with Crippen LogP contribution in [-0.2, 0) is 10.9 Å². The fraction of sp³-hybridized carbons (Fsp3) is 0.632. The molecule has 0 saturated carbocycles. The lowest BCUT2D eigenvalue weighted by Gasteiger charge is -2.24. The van der Waals surface area contributed by atoms with Crippen LogP contribution in [0.4, 0.5) is 13.2 Å². The normalized spacial score (nSPS) is 19.6. The van der Waals surface area contributed by atoms with Gasteiger partial charge >= 0.3 is 6.18 Å². The number of aliphatic imine (C=N–C) groups is 1. The number of aliphatic hydroxyl groups excluding tert-OH is 1. The summed E-state index contributed by atoms with van der Waals surface area (Å²) in [5, 5.41) is 15.6. The van der Waals surface area contributed by atoms with Gasteiger partial charge in [0, 0.05) is 25.2 Å². The van der Waals surface area contributed by atoms with Crippen LogP contribution >= 0.6 is 24.0 Å². The first kappa shape index (κ1) is 25.8. The second kappa shape index (κ2) is 12.4. The lowest BCUT2D eigenvalue weighted by Crippen LogP contribution is -2.40. The van der Waals surface area contributed by atoms with E-state index in [1.807, 2.05) is 6.92 Å². The number of hydrogen-bond acceptors (Lipinski definition) is 4. The highest BCUT2D eigenvalue weighted by Gasteiger charge is 2.34. The maximum atomic E-state index is 12.6. The van der Waals surface area contributed by atoms with Gasteiger partial charge in [-0.3, -0.25) is 4.99 Å². The number of aliphatic hydroxyl groups is 1. The molecule has 1 aromatic rings. The van der Waals surface area contributed by atoms with Crippen LogP contribution in [0, 0.1) is 5.41 Å². The molecule has 0 spiro atoms. The summed E-state index contributed by atoms with van der Waals surface area (Å²) >= 11 is 0. The smallest absolute Gasteiger partial charge is 0.416 e. The van der Waals surface area contributed by atoms with Crippen molar-refractivity contribution < 1.29 is 27.8 Å². The molecule has 2 rings (SSSR count). The molecule has 1 unspecified atom stereocenters. The van der Waals surface area contributed by atoms with E-state index in [1.165, 1.54) is 12.1 Å². The Balaban J connectivity index is 0.00000420. The predicted molar refractivity (Wildman–Crippen MR) is 116 cm³/mol.